The summed E-state index contributed by atoms with van der Waals surface area (Å²) in [7, 11) is -3.17. The van der Waals surface area contributed by atoms with Gasteiger partial charge >= 0.3 is 5.97 Å². The van der Waals surface area contributed by atoms with Crippen LogP contribution in [0.3, 0.4) is 0 Å². The number of halogens is 2. The smallest absolute Gasteiger partial charge is 0.341 e. The summed E-state index contributed by atoms with van der Waals surface area (Å²) in [5.74, 6) is -3.49. The van der Waals surface area contributed by atoms with Crippen molar-refractivity contribution in [3.63, 3.8) is 0 Å². The van der Waals surface area contributed by atoms with Crippen molar-refractivity contribution in [3.8, 4) is 0 Å². The number of carbonyl (C=O) groups excluding carboxylic acids is 2. The largest absolute Gasteiger partial charge is 0.452 e. The summed E-state index contributed by atoms with van der Waals surface area (Å²) in [6, 6.07) is 1.95. The van der Waals surface area contributed by atoms with Crippen molar-refractivity contribution in [1.29, 1.82) is 0 Å². The highest BCUT2D eigenvalue weighted by Gasteiger charge is 2.39. The first-order valence-electron chi connectivity index (χ1n) is 8.90. The van der Waals surface area contributed by atoms with Crippen LogP contribution in [0.15, 0.2) is 18.2 Å². The maximum absolute atomic E-state index is 13.7. The molecule has 1 heterocycles. The molecule has 1 aromatic carbocycles. The van der Waals surface area contributed by atoms with Gasteiger partial charge in [0.25, 0.3) is 5.91 Å². The Morgan fingerprint density at radius 2 is 1.81 bits per heavy atom. The number of benzene rings is 1. The van der Waals surface area contributed by atoms with E-state index in [0.717, 1.165) is 37.8 Å². The fraction of sp³-hybridized carbons (Fsp3) is 0.556. The summed E-state index contributed by atoms with van der Waals surface area (Å²) < 4.78 is 55.1. The molecule has 0 bridgehead atoms. The lowest BCUT2D eigenvalue weighted by atomic mass is 10.1. The minimum absolute atomic E-state index is 0.0365. The molecule has 0 radical (unpaired) electrons. The van der Waals surface area contributed by atoms with Crippen LogP contribution in [0.1, 0.15) is 42.5 Å². The molecule has 9 heteroatoms. The molecule has 1 atom stereocenters. The Morgan fingerprint density at radius 1 is 1.11 bits per heavy atom. The Kier molecular flexibility index (Phi) is 5.78. The lowest BCUT2D eigenvalue weighted by Crippen LogP contribution is -2.48. The van der Waals surface area contributed by atoms with Gasteiger partial charge in [-0.2, -0.15) is 0 Å². The number of esters is 1. The summed E-state index contributed by atoms with van der Waals surface area (Å²) in [6.45, 7) is -0.608. The topological polar surface area (TPSA) is 80.8 Å². The molecule has 0 aromatic heterocycles. The van der Waals surface area contributed by atoms with Gasteiger partial charge in [-0.1, -0.05) is 12.8 Å². The quantitative estimate of drug-likeness (QED) is 0.706. The number of hydrogen-bond donors (Lipinski definition) is 0. The summed E-state index contributed by atoms with van der Waals surface area (Å²) >= 11 is 0. The molecule has 0 N–H and O–H groups in total. The van der Waals surface area contributed by atoms with Crippen molar-refractivity contribution in [2.24, 2.45) is 0 Å². The molecule has 1 amide bonds. The van der Waals surface area contributed by atoms with E-state index in [1.807, 2.05) is 0 Å². The zero-order valence-corrected chi connectivity index (χ0v) is 15.5. The fourth-order valence-electron chi connectivity index (χ4n) is 3.82. The van der Waals surface area contributed by atoms with Gasteiger partial charge < -0.3 is 9.64 Å². The van der Waals surface area contributed by atoms with Gasteiger partial charge in [-0.3, -0.25) is 4.79 Å². The third-order valence-corrected chi connectivity index (χ3v) is 6.84. The first-order valence-corrected chi connectivity index (χ1v) is 10.7. The van der Waals surface area contributed by atoms with Gasteiger partial charge in [0.15, 0.2) is 16.4 Å². The zero-order valence-electron chi connectivity index (χ0n) is 14.7. The average molecular weight is 401 g/mol. The second-order valence-electron chi connectivity index (χ2n) is 7.00. The Hall–Kier alpha value is -2.03. The van der Waals surface area contributed by atoms with Gasteiger partial charge in [-0.05, 0) is 31.4 Å². The summed E-state index contributed by atoms with van der Waals surface area (Å²) in [4.78, 5) is 26.2. The van der Waals surface area contributed by atoms with E-state index in [0.29, 0.717) is 12.5 Å². The molecule has 1 saturated carbocycles. The standard InChI is InChI=1S/C18H21F2NO5S/c19-12-5-6-15(16(20)9-12)18(23)26-10-17(22)21(13-3-1-2-4-13)14-7-8-27(24,25)11-14/h5-6,9,13-14H,1-4,7-8,10-11H2. The molecule has 27 heavy (non-hydrogen) atoms. The van der Waals surface area contributed by atoms with Crippen LogP contribution >= 0.6 is 0 Å². The van der Waals surface area contributed by atoms with Crippen LogP contribution in [-0.4, -0.2) is 55.4 Å². The Balaban J connectivity index is 1.68. The van der Waals surface area contributed by atoms with Crippen LogP contribution < -0.4 is 0 Å². The van der Waals surface area contributed by atoms with Gasteiger partial charge in [-0.15, -0.1) is 0 Å². The van der Waals surface area contributed by atoms with Crippen molar-refractivity contribution < 1.29 is 31.5 Å². The normalized spacial score (nSPS) is 21.9. The van der Waals surface area contributed by atoms with Gasteiger partial charge in [0, 0.05) is 18.2 Å². The minimum Gasteiger partial charge on any atom is -0.452 e. The molecule has 1 aromatic rings. The molecule has 1 aliphatic heterocycles. The summed E-state index contributed by atoms with van der Waals surface area (Å²) in [5, 5.41) is 0. The molecule has 1 aliphatic carbocycles. The van der Waals surface area contributed by atoms with Crippen LogP contribution in [-0.2, 0) is 19.4 Å². The van der Waals surface area contributed by atoms with E-state index in [1.165, 1.54) is 0 Å². The molecule has 3 rings (SSSR count). The van der Waals surface area contributed by atoms with E-state index in [9.17, 15) is 26.8 Å². The number of hydrogen-bond acceptors (Lipinski definition) is 5. The second-order valence-corrected chi connectivity index (χ2v) is 9.23. The molecule has 0 spiro atoms. The van der Waals surface area contributed by atoms with E-state index in [1.54, 1.807) is 4.90 Å². The van der Waals surface area contributed by atoms with Crippen molar-refractivity contribution >= 4 is 21.7 Å². The SMILES string of the molecule is O=C(OCC(=O)N(C1CCCC1)C1CCS(=O)(=O)C1)c1ccc(F)cc1F. The maximum Gasteiger partial charge on any atom is 0.341 e. The number of amides is 1. The first kappa shape index (κ1) is 19.7. The molecule has 1 unspecified atom stereocenters. The number of carbonyl (C=O) groups is 2. The monoisotopic (exact) mass is 401 g/mol. The highest BCUT2D eigenvalue weighted by Crippen LogP contribution is 2.29. The second kappa shape index (κ2) is 7.92. The number of rotatable bonds is 5. The molecular formula is C18H21F2NO5S. The highest BCUT2D eigenvalue weighted by atomic mass is 32.2. The Morgan fingerprint density at radius 3 is 2.41 bits per heavy atom. The third-order valence-electron chi connectivity index (χ3n) is 5.09. The van der Waals surface area contributed by atoms with Crippen molar-refractivity contribution in [3.05, 3.63) is 35.4 Å². The van der Waals surface area contributed by atoms with Gasteiger partial charge in [-0.25, -0.2) is 22.0 Å². The average Bonchev–Trinajstić information content (AvgIpc) is 3.23. The van der Waals surface area contributed by atoms with E-state index in [-0.39, 0.29) is 17.5 Å². The molecule has 2 fully saturated rings. The third kappa shape index (κ3) is 4.63. The predicted octanol–water partition coefficient (Wildman–Crippen LogP) is 2.08. The van der Waals surface area contributed by atoms with Crippen molar-refractivity contribution in [2.45, 2.75) is 44.2 Å². The Labute approximate surface area is 156 Å². The van der Waals surface area contributed by atoms with Crippen LogP contribution in [0.2, 0.25) is 0 Å². The van der Waals surface area contributed by atoms with Gasteiger partial charge in [0.2, 0.25) is 0 Å². The van der Waals surface area contributed by atoms with E-state index in [4.69, 9.17) is 4.74 Å². The zero-order chi connectivity index (χ0) is 19.6. The van der Waals surface area contributed by atoms with E-state index < -0.39 is 51.6 Å². The van der Waals surface area contributed by atoms with Gasteiger partial charge in [0.1, 0.15) is 11.6 Å². The number of nitrogens with zero attached hydrogens (tertiary/aromatic N) is 1. The van der Waals surface area contributed by atoms with Gasteiger partial charge in [0.05, 0.1) is 17.1 Å². The van der Waals surface area contributed by atoms with Crippen molar-refractivity contribution in [2.75, 3.05) is 18.1 Å². The van der Waals surface area contributed by atoms with E-state index in [2.05, 4.69) is 0 Å². The lowest BCUT2D eigenvalue weighted by molar-refractivity contribution is -0.139. The van der Waals surface area contributed by atoms with Crippen LogP contribution in [0, 0.1) is 11.6 Å². The molecule has 148 valence electrons. The molecule has 1 saturated heterocycles. The van der Waals surface area contributed by atoms with Crippen molar-refractivity contribution in [1.82, 2.24) is 4.90 Å². The maximum atomic E-state index is 13.7. The molecule has 2 aliphatic rings. The number of ether oxygens (including phenoxy) is 1. The molecule has 6 nitrogen and oxygen atoms in total. The number of sulfone groups is 1. The first-order chi connectivity index (χ1) is 12.8. The van der Waals surface area contributed by atoms with E-state index >= 15 is 0 Å². The predicted molar refractivity (Wildman–Crippen MR) is 92.8 cm³/mol. The lowest BCUT2D eigenvalue weighted by Gasteiger charge is -2.33. The minimum atomic E-state index is -3.17. The summed E-state index contributed by atoms with van der Waals surface area (Å²) in [5.41, 5.74) is -0.458. The highest BCUT2D eigenvalue weighted by molar-refractivity contribution is 7.91. The molecular weight excluding hydrogens is 380 g/mol. The fourth-order valence-corrected chi connectivity index (χ4v) is 5.53. The Bertz CT molecular complexity index is 836. The van der Waals surface area contributed by atoms with Crippen LogP contribution in [0.5, 0.6) is 0 Å². The summed E-state index contributed by atoms with van der Waals surface area (Å²) in [6.07, 6.45) is 3.83. The van der Waals surface area contributed by atoms with Crippen LogP contribution in [0.25, 0.3) is 0 Å². The van der Waals surface area contributed by atoms with Crippen LogP contribution in [0.4, 0.5) is 8.78 Å².